The van der Waals surface area contributed by atoms with Crippen LogP contribution in [0, 0.1) is 0 Å². The van der Waals surface area contributed by atoms with E-state index in [1.807, 2.05) is 0 Å². The fraction of sp³-hybridized carbons (Fsp3) is 0.0833. The van der Waals surface area contributed by atoms with Crippen LogP contribution in [-0.4, -0.2) is 11.1 Å². The van der Waals surface area contributed by atoms with Gasteiger partial charge in [0.25, 0.3) is 0 Å². The first-order chi connectivity index (χ1) is 7.75. The highest BCUT2D eigenvalue weighted by Crippen LogP contribution is 2.13. The van der Waals surface area contributed by atoms with E-state index in [0.29, 0.717) is 11.5 Å². The summed E-state index contributed by atoms with van der Waals surface area (Å²) in [5.41, 5.74) is 0.227. The van der Waals surface area contributed by atoms with Crippen molar-refractivity contribution in [3.8, 4) is 0 Å². The van der Waals surface area contributed by atoms with Crippen LogP contribution in [-0.2, 0) is 11.2 Å². The van der Waals surface area contributed by atoms with Crippen LogP contribution >= 0.6 is 0 Å². The zero-order valence-electron chi connectivity index (χ0n) is 8.42. The summed E-state index contributed by atoms with van der Waals surface area (Å²) in [6.07, 6.45) is 4.74. The normalized spacial score (nSPS) is 11.6. The molecule has 0 bridgehead atoms. The molecule has 2 heterocycles. The Balaban J connectivity index is 2.21. The van der Waals surface area contributed by atoms with Crippen molar-refractivity contribution in [1.29, 1.82) is 0 Å². The molecule has 0 aliphatic rings. The third-order valence-corrected chi connectivity index (χ3v) is 2.08. The maximum absolute atomic E-state index is 11.0. The van der Waals surface area contributed by atoms with Crippen molar-refractivity contribution in [3.63, 3.8) is 0 Å². The van der Waals surface area contributed by atoms with E-state index < -0.39 is 5.97 Å². The molecule has 1 N–H and O–H groups in total. The summed E-state index contributed by atoms with van der Waals surface area (Å²) in [6.45, 7) is 0. The minimum absolute atomic E-state index is 0.227. The quantitative estimate of drug-likeness (QED) is 0.801. The molecule has 0 atom stereocenters. The molecule has 0 saturated heterocycles. The van der Waals surface area contributed by atoms with Crippen LogP contribution < -0.4 is 0 Å². The molecule has 4 heteroatoms. The number of carboxylic acids is 1. The van der Waals surface area contributed by atoms with Gasteiger partial charge in [-0.25, -0.2) is 4.79 Å². The second-order valence-corrected chi connectivity index (χ2v) is 3.25. The zero-order chi connectivity index (χ0) is 11.4. The van der Waals surface area contributed by atoms with E-state index in [1.165, 1.54) is 18.6 Å². The summed E-state index contributed by atoms with van der Waals surface area (Å²) >= 11 is 0. The highest BCUT2D eigenvalue weighted by Gasteiger charge is 2.10. The molecular weight excluding hydrogens is 208 g/mol. The fourth-order valence-corrected chi connectivity index (χ4v) is 1.33. The van der Waals surface area contributed by atoms with Crippen LogP contribution in [0.5, 0.6) is 0 Å². The van der Waals surface area contributed by atoms with Gasteiger partial charge in [-0.1, -0.05) is 0 Å². The molecule has 0 aromatic carbocycles. The van der Waals surface area contributed by atoms with E-state index in [-0.39, 0.29) is 12.0 Å². The first kappa shape index (κ1) is 10.3. The van der Waals surface area contributed by atoms with Gasteiger partial charge < -0.3 is 13.9 Å². The number of hydrogen-bond acceptors (Lipinski definition) is 3. The summed E-state index contributed by atoms with van der Waals surface area (Å²) < 4.78 is 10.2. The third kappa shape index (κ3) is 2.42. The summed E-state index contributed by atoms with van der Waals surface area (Å²) in [6, 6.07) is 6.86. The summed E-state index contributed by atoms with van der Waals surface area (Å²) in [7, 11) is 0. The van der Waals surface area contributed by atoms with Gasteiger partial charge in [-0.3, -0.25) is 0 Å². The molecule has 2 rings (SSSR count). The van der Waals surface area contributed by atoms with Gasteiger partial charge in [-0.15, -0.1) is 0 Å². The Morgan fingerprint density at radius 1 is 1.25 bits per heavy atom. The molecule has 0 amide bonds. The Morgan fingerprint density at radius 2 is 2.00 bits per heavy atom. The van der Waals surface area contributed by atoms with Gasteiger partial charge in [-0.05, 0) is 30.3 Å². The van der Waals surface area contributed by atoms with Crippen LogP contribution in [0.2, 0.25) is 0 Å². The smallest absolute Gasteiger partial charge is 0.332 e. The Morgan fingerprint density at radius 3 is 2.56 bits per heavy atom. The molecule has 0 saturated carbocycles. The molecule has 2 aromatic heterocycles. The molecule has 4 nitrogen and oxygen atoms in total. The van der Waals surface area contributed by atoms with E-state index >= 15 is 0 Å². The predicted molar refractivity (Wildman–Crippen MR) is 56.7 cm³/mol. The van der Waals surface area contributed by atoms with E-state index in [1.54, 1.807) is 24.3 Å². The Bertz CT molecular complexity index is 477. The molecule has 2 aromatic rings. The van der Waals surface area contributed by atoms with Crippen molar-refractivity contribution >= 4 is 12.0 Å². The largest absolute Gasteiger partial charge is 0.478 e. The molecule has 0 aliphatic heterocycles. The van der Waals surface area contributed by atoms with E-state index in [4.69, 9.17) is 13.9 Å². The van der Waals surface area contributed by atoms with Crippen molar-refractivity contribution in [2.24, 2.45) is 0 Å². The highest BCUT2D eigenvalue weighted by molar-refractivity contribution is 5.92. The molecular formula is C12H10O4. The maximum atomic E-state index is 11.0. The lowest BCUT2D eigenvalue weighted by Gasteiger charge is -1.98. The highest BCUT2D eigenvalue weighted by atomic mass is 16.4. The molecule has 0 unspecified atom stereocenters. The van der Waals surface area contributed by atoms with Crippen LogP contribution in [0.25, 0.3) is 6.08 Å². The zero-order valence-corrected chi connectivity index (χ0v) is 8.42. The number of furan rings is 2. The maximum Gasteiger partial charge on any atom is 0.332 e. The van der Waals surface area contributed by atoms with E-state index in [2.05, 4.69) is 0 Å². The van der Waals surface area contributed by atoms with Crippen molar-refractivity contribution < 1.29 is 18.7 Å². The van der Waals surface area contributed by atoms with Gasteiger partial charge >= 0.3 is 5.97 Å². The average Bonchev–Trinajstić information content (AvgIpc) is 2.88. The third-order valence-electron chi connectivity index (χ3n) is 2.08. The second-order valence-electron chi connectivity index (χ2n) is 3.25. The SMILES string of the molecule is O=C(O)C(=Cc1ccco1)Cc1ccco1. The van der Waals surface area contributed by atoms with Gasteiger partial charge in [0, 0.05) is 12.0 Å². The molecule has 0 spiro atoms. The second kappa shape index (κ2) is 4.53. The Kier molecular flexibility index (Phi) is 2.91. The first-order valence-electron chi connectivity index (χ1n) is 4.75. The minimum Gasteiger partial charge on any atom is -0.478 e. The van der Waals surface area contributed by atoms with Crippen molar-refractivity contribution in [3.05, 3.63) is 53.9 Å². The lowest BCUT2D eigenvalue weighted by atomic mass is 10.1. The minimum atomic E-state index is -0.979. The number of aliphatic carboxylic acids is 1. The molecule has 82 valence electrons. The molecule has 0 fully saturated rings. The van der Waals surface area contributed by atoms with Crippen molar-refractivity contribution in [2.75, 3.05) is 0 Å². The van der Waals surface area contributed by atoms with E-state index in [0.717, 1.165) is 0 Å². The van der Waals surface area contributed by atoms with Gasteiger partial charge in [0.05, 0.1) is 12.5 Å². The average molecular weight is 218 g/mol. The first-order valence-corrected chi connectivity index (χ1v) is 4.75. The van der Waals surface area contributed by atoms with Gasteiger partial charge in [0.1, 0.15) is 11.5 Å². The Hall–Kier alpha value is -2.23. The topological polar surface area (TPSA) is 63.6 Å². The number of rotatable bonds is 4. The lowest BCUT2D eigenvalue weighted by Crippen LogP contribution is -2.03. The fourth-order valence-electron chi connectivity index (χ4n) is 1.33. The van der Waals surface area contributed by atoms with Gasteiger partial charge in [0.2, 0.25) is 0 Å². The summed E-state index contributed by atoms with van der Waals surface area (Å²) in [5, 5.41) is 9.02. The molecule has 0 radical (unpaired) electrons. The van der Waals surface area contributed by atoms with Gasteiger partial charge in [0.15, 0.2) is 0 Å². The number of hydrogen-bond donors (Lipinski definition) is 1. The van der Waals surface area contributed by atoms with E-state index in [9.17, 15) is 4.79 Å². The number of carbonyl (C=O) groups is 1. The van der Waals surface area contributed by atoms with Crippen molar-refractivity contribution in [1.82, 2.24) is 0 Å². The van der Waals surface area contributed by atoms with Crippen LogP contribution in [0.3, 0.4) is 0 Å². The van der Waals surface area contributed by atoms with Gasteiger partial charge in [-0.2, -0.15) is 0 Å². The summed E-state index contributed by atoms with van der Waals surface area (Å²) in [5.74, 6) is 0.150. The monoisotopic (exact) mass is 218 g/mol. The molecule has 16 heavy (non-hydrogen) atoms. The van der Waals surface area contributed by atoms with Crippen LogP contribution in [0.4, 0.5) is 0 Å². The lowest BCUT2D eigenvalue weighted by molar-refractivity contribution is -0.132. The van der Waals surface area contributed by atoms with Crippen molar-refractivity contribution in [2.45, 2.75) is 6.42 Å². The van der Waals surface area contributed by atoms with Crippen LogP contribution in [0.1, 0.15) is 11.5 Å². The number of carboxylic acid groups (broad SMARTS) is 1. The molecule has 0 aliphatic carbocycles. The standard InChI is InChI=1S/C12H10O4/c13-12(14)9(7-10-3-1-5-15-10)8-11-4-2-6-16-11/h1-7H,8H2,(H,13,14). The predicted octanol–water partition coefficient (Wildman–Crippen LogP) is 2.58. The van der Waals surface area contributed by atoms with Crippen LogP contribution in [0.15, 0.2) is 51.2 Å². The Labute approximate surface area is 91.8 Å². The summed E-state index contributed by atoms with van der Waals surface area (Å²) in [4.78, 5) is 11.0.